The van der Waals surface area contributed by atoms with Crippen molar-refractivity contribution in [1.29, 1.82) is 0 Å². The van der Waals surface area contributed by atoms with E-state index in [0.29, 0.717) is 16.5 Å². The molecular formula is C10H10BrFO. The number of halogens is 2. The number of rotatable bonds is 2. The predicted molar refractivity (Wildman–Crippen MR) is 53.0 cm³/mol. The molecule has 2 rings (SSSR count). The van der Waals surface area contributed by atoms with Crippen LogP contribution in [0.25, 0.3) is 0 Å². The summed E-state index contributed by atoms with van der Waals surface area (Å²) in [6.45, 7) is 0. The molecule has 1 aliphatic rings. The lowest BCUT2D eigenvalue weighted by molar-refractivity contribution is 0.386. The van der Waals surface area contributed by atoms with Crippen LogP contribution in [0.15, 0.2) is 18.2 Å². The molecule has 2 atom stereocenters. The Bertz CT molecular complexity index is 327. The van der Waals surface area contributed by atoms with Gasteiger partial charge in [-0.15, -0.1) is 0 Å². The fraction of sp³-hybridized carbons (Fsp3) is 0.400. The Kier molecular flexibility index (Phi) is 2.28. The van der Waals surface area contributed by atoms with E-state index in [9.17, 15) is 4.39 Å². The summed E-state index contributed by atoms with van der Waals surface area (Å²) in [4.78, 5) is 0.528. The molecule has 3 heteroatoms. The van der Waals surface area contributed by atoms with Crippen molar-refractivity contribution in [3.63, 3.8) is 0 Å². The average molecular weight is 245 g/mol. The minimum absolute atomic E-state index is 0.272. The standard InChI is InChI=1S/C10H10BrFO/c1-13-10-3-2-6(4-9(10)12)7-5-8(7)11/h2-4,7-8H,5H2,1H3/t7-,8+/m0/s1. The SMILES string of the molecule is COc1ccc([C@@H]2C[C@H]2Br)cc1F. The Morgan fingerprint density at radius 3 is 2.69 bits per heavy atom. The van der Waals surface area contributed by atoms with E-state index in [2.05, 4.69) is 15.9 Å². The first-order chi connectivity index (χ1) is 6.22. The third kappa shape index (κ3) is 1.70. The van der Waals surface area contributed by atoms with Crippen LogP contribution in [-0.4, -0.2) is 11.9 Å². The van der Waals surface area contributed by atoms with Crippen molar-refractivity contribution in [2.24, 2.45) is 0 Å². The molecule has 0 bridgehead atoms. The van der Waals surface area contributed by atoms with E-state index in [0.717, 1.165) is 12.0 Å². The summed E-state index contributed by atoms with van der Waals surface area (Å²) in [5.41, 5.74) is 1.06. The van der Waals surface area contributed by atoms with Gasteiger partial charge in [0.25, 0.3) is 0 Å². The number of benzene rings is 1. The summed E-state index contributed by atoms with van der Waals surface area (Å²) in [5, 5.41) is 0. The molecule has 1 saturated carbocycles. The highest BCUT2D eigenvalue weighted by molar-refractivity contribution is 9.09. The average Bonchev–Trinajstić information content (AvgIpc) is 2.82. The van der Waals surface area contributed by atoms with E-state index in [-0.39, 0.29) is 5.82 Å². The zero-order valence-electron chi connectivity index (χ0n) is 7.26. The van der Waals surface area contributed by atoms with Gasteiger partial charge in [0, 0.05) is 4.83 Å². The van der Waals surface area contributed by atoms with Crippen molar-refractivity contribution >= 4 is 15.9 Å². The Labute approximate surface area is 85.0 Å². The quantitative estimate of drug-likeness (QED) is 0.727. The van der Waals surface area contributed by atoms with Gasteiger partial charge in [-0.3, -0.25) is 0 Å². The molecule has 0 heterocycles. The number of hydrogen-bond donors (Lipinski definition) is 0. The molecule has 1 nitrogen and oxygen atoms in total. The van der Waals surface area contributed by atoms with E-state index in [1.54, 1.807) is 12.1 Å². The van der Waals surface area contributed by atoms with Crippen molar-refractivity contribution in [1.82, 2.24) is 0 Å². The van der Waals surface area contributed by atoms with Gasteiger partial charge >= 0.3 is 0 Å². The third-order valence-electron chi connectivity index (χ3n) is 2.32. The highest BCUT2D eigenvalue weighted by Gasteiger charge is 2.36. The van der Waals surface area contributed by atoms with Gasteiger partial charge in [0.15, 0.2) is 11.6 Å². The maximum Gasteiger partial charge on any atom is 0.165 e. The van der Waals surface area contributed by atoms with Gasteiger partial charge < -0.3 is 4.74 Å². The number of ether oxygens (including phenoxy) is 1. The lowest BCUT2D eigenvalue weighted by Gasteiger charge is -2.03. The minimum atomic E-state index is -0.272. The van der Waals surface area contributed by atoms with Gasteiger partial charge in [0.05, 0.1) is 7.11 Å². The Morgan fingerprint density at radius 1 is 1.54 bits per heavy atom. The number of alkyl halides is 1. The summed E-state index contributed by atoms with van der Waals surface area (Å²) in [6.07, 6.45) is 1.10. The molecule has 1 aliphatic carbocycles. The molecule has 0 spiro atoms. The lowest BCUT2D eigenvalue weighted by Crippen LogP contribution is -1.90. The van der Waals surface area contributed by atoms with E-state index in [1.807, 2.05) is 6.07 Å². The predicted octanol–water partition coefficient (Wildman–Crippen LogP) is 3.09. The molecule has 0 radical (unpaired) electrons. The zero-order valence-corrected chi connectivity index (χ0v) is 8.84. The molecular weight excluding hydrogens is 235 g/mol. The van der Waals surface area contributed by atoms with E-state index in [4.69, 9.17) is 4.74 Å². The first kappa shape index (κ1) is 9.00. The molecule has 0 saturated heterocycles. The number of methoxy groups -OCH3 is 1. The summed E-state index contributed by atoms with van der Waals surface area (Å²) >= 11 is 3.49. The molecule has 0 N–H and O–H groups in total. The van der Waals surface area contributed by atoms with E-state index in [1.165, 1.54) is 7.11 Å². The van der Waals surface area contributed by atoms with Crippen molar-refractivity contribution in [3.8, 4) is 5.75 Å². The van der Waals surface area contributed by atoms with Gasteiger partial charge in [-0.05, 0) is 30.0 Å². The van der Waals surface area contributed by atoms with Gasteiger partial charge in [-0.25, -0.2) is 4.39 Å². The molecule has 70 valence electrons. The van der Waals surface area contributed by atoms with Gasteiger partial charge in [0.2, 0.25) is 0 Å². The van der Waals surface area contributed by atoms with Crippen LogP contribution in [0.3, 0.4) is 0 Å². The second-order valence-electron chi connectivity index (χ2n) is 3.25. The molecule has 1 aromatic carbocycles. The first-order valence-corrected chi connectivity index (χ1v) is 5.11. The van der Waals surface area contributed by atoms with Crippen molar-refractivity contribution in [2.45, 2.75) is 17.2 Å². The number of hydrogen-bond acceptors (Lipinski definition) is 1. The van der Waals surface area contributed by atoms with Crippen LogP contribution in [-0.2, 0) is 0 Å². The topological polar surface area (TPSA) is 9.23 Å². The van der Waals surface area contributed by atoms with Crippen LogP contribution in [0, 0.1) is 5.82 Å². The van der Waals surface area contributed by atoms with Crippen LogP contribution >= 0.6 is 15.9 Å². The highest BCUT2D eigenvalue weighted by atomic mass is 79.9. The summed E-state index contributed by atoms with van der Waals surface area (Å²) in [7, 11) is 1.47. The second kappa shape index (κ2) is 3.29. The van der Waals surface area contributed by atoms with Crippen LogP contribution in [0.1, 0.15) is 17.9 Å². The molecule has 0 amide bonds. The molecule has 0 aromatic heterocycles. The molecule has 1 fully saturated rings. The molecule has 1 aromatic rings. The largest absolute Gasteiger partial charge is 0.494 e. The molecule has 13 heavy (non-hydrogen) atoms. The summed E-state index contributed by atoms with van der Waals surface area (Å²) in [6, 6.07) is 5.17. The lowest BCUT2D eigenvalue weighted by atomic mass is 10.1. The van der Waals surface area contributed by atoms with E-state index < -0.39 is 0 Å². The maximum atomic E-state index is 13.2. The Hall–Kier alpha value is -0.570. The van der Waals surface area contributed by atoms with Crippen molar-refractivity contribution < 1.29 is 9.13 Å². The molecule has 0 unspecified atom stereocenters. The Morgan fingerprint density at radius 2 is 2.23 bits per heavy atom. The van der Waals surface area contributed by atoms with Gasteiger partial charge in [0.1, 0.15) is 0 Å². The fourth-order valence-corrected chi connectivity index (χ4v) is 2.13. The first-order valence-electron chi connectivity index (χ1n) is 4.20. The van der Waals surface area contributed by atoms with Crippen molar-refractivity contribution in [3.05, 3.63) is 29.6 Å². The van der Waals surface area contributed by atoms with Crippen LogP contribution in [0.2, 0.25) is 0 Å². The van der Waals surface area contributed by atoms with E-state index >= 15 is 0 Å². The smallest absolute Gasteiger partial charge is 0.165 e. The van der Waals surface area contributed by atoms with Crippen molar-refractivity contribution in [2.75, 3.05) is 7.11 Å². The van der Waals surface area contributed by atoms with Gasteiger partial charge in [-0.2, -0.15) is 0 Å². The third-order valence-corrected chi connectivity index (χ3v) is 3.33. The minimum Gasteiger partial charge on any atom is -0.494 e. The molecule has 0 aliphatic heterocycles. The van der Waals surface area contributed by atoms with Crippen LogP contribution in [0.5, 0.6) is 5.75 Å². The van der Waals surface area contributed by atoms with Crippen LogP contribution < -0.4 is 4.74 Å². The van der Waals surface area contributed by atoms with Crippen LogP contribution in [0.4, 0.5) is 4.39 Å². The summed E-state index contributed by atoms with van der Waals surface area (Å²) < 4.78 is 18.1. The monoisotopic (exact) mass is 244 g/mol. The van der Waals surface area contributed by atoms with Gasteiger partial charge in [-0.1, -0.05) is 22.0 Å². The highest BCUT2D eigenvalue weighted by Crippen LogP contribution is 2.46. The Balaban J connectivity index is 2.25. The maximum absolute atomic E-state index is 13.2. The summed E-state index contributed by atoms with van der Waals surface area (Å²) in [5.74, 6) is 0.530. The fourth-order valence-electron chi connectivity index (χ4n) is 1.42. The normalized spacial score (nSPS) is 25.8. The second-order valence-corrected chi connectivity index (χ2v) is 4.43. The zero-order chi connectivity index (χ0) is 9.42.